The van der Waals surface area contributed by atoms with Gasteiger partial charge in [-0.05, 0) is 44.5 Å². The van der Waals surface area contributed by atoms with Gasteiger partial charge in [0.2, 0.25) is 6.71 Å². The van der Waals surface area contributed by atoms with E-state index in [9.17, 15) is 0 Å². The first kappa shape index (κ1) is 25.5. The minimum Gasteiger partial charge on any atom is -0.309 e. The summed E-state index contributed by atoms with van der Waals surface area (Å²) in [7, 11) is 0. The van der Waals surface area contributed by atoms with Gasteiger partial charge in [0.25, 0.3) is 0 Å². The Bertz CT molecular complexity index is 2110. The Morgan fingerprint density at radius 2 is 0.733 bits per heavy atom. The summed E-state index contributed by atoms with van der Waals surface area (Å²) in [5, 5.41) is 0. The number of para-hydroxylation sites is 3. The van der Waals surface area contributed by atoms with Gasteiger partial charge in [0, 0.05) is 10.8 Å². The quantitative estimate of drug-likeness (QED) is 0.180. The average molecular weight is 576 g/mol. The molecule has 10 rings (SSSR count). The highest BCUT2D eigenvalue weighted by Crippen LogP contribution is 2.67. The molecule has 1 spiro atoms. The van der Waals surface area contributed by atoms with Crippen LogP contribution in [0.15, 0.2) is 133 Å². The third kappa shape index (κ3) is 2.80. The van der Waals surface area contributed by atoms with Crippen LogP contribution in [0.4, 0.5) is 17.1 Å². The fourth-order valence-corrected chi connectivity index (χ4v) is 9.82. The molecule has 4 heterocycles. The van der Waals surface area contributed by atoms with Gasteiger partial charge in [0.15, 0.2) is 0 Å². The molecule has 0 aliphatic carbocycles. The summed E-state index contributed by atoms with van der Waals surface area (Å²) in [6.07, 6.45) is 0. The number of anilines is 3. The molecule has 0 N–H and O–H groups in total. The fraction of sp³-hybridized carbons (Fsp3) is 0.163. The fourth-order valence-electron chi connectivity index (χ4n) is 9.82. The number of fused-ring (bicyclic) bond motifs is 6. The van der Waals surface area contributed by atoms with Crippen molar-refractivity contribution in [1.29, 1.82) is 0 Å². The monoisotopic (exact) mass is 575 g/mol. The number of nitrogens with zero attached hydrogens (tertiary/aromatic N) is 1. The summed E-state index contributed by atoms with van der Waals surface area (Å²) in [6, 6.07) is 51.1. The molecule has 214 valence electrons. The summed E-state index contributed by atoms with van der Waals surface area (Å²) in [5.41, 5.74) is 18.8. The van der Waals surface area contributed by atoms with Crippen LogP contribution < -0.4 is 21.3 Å². The molecule has 0 saturated carbocycles. The molecular formula is C43H34BN. The van der Waals surface area contributed by atoms with Gasteiger partial charge >= 0.3 is 0 Å². The van der Waals surface area contributed by atoms with E-state index in [0.717, 1.165) is 0 Å². The predicted molar refractivity (Wildman–Crippen MR) is 188 cm³/mol. The van der Waals surface area contributed by atoms with E-state index in [1.54, 1.807) is 0 Å². The molecule has 2 heteroatoms. The maximum absolute atomic E-state index is 2.68. The third-order valence-corrected chi connectivity index (χ3v) is 11.8. The standard InChI is InChI=1S/C43H34BN/c1-41(2)30-19-12-20-31-38(30)45-39-32(41)21-13-23-34(39)43(35-24-14-22-33(40(35)45)42(31,3)4)28-17-8-10-25-36(28)44(27-15-6-5-7-16-27)37-26-11-9-18-29(37)43/h5-26H,1-4H3. The molecule has 0 unspecified atom stereocenters. The highest BCUT2D eigenvalue weighted by Gasteiger charge is 2.57. The van der Waals surface area contributed by atoms with Crippen LogP contribution in [0.3, 0.4) is 0 Å². The van der Waals surface area contributed by atoms with Gasteiger partial charge in [0.05, 0.1) is 22.5 Å². The predicted octanol–water partition coefficient (Wildman–Crippen LogP) is 7.96. The Morgan fingerprint density at radius 3 is 1.20 bits per heavy atom. The van der Waals surface area contributed by atoms with Crippen molar-refractivity contribution >= 4 is 40.2 Å². The summed E-state index contributed by atoms with van der Waals surface area (Å²) in [6.45, 7) is 9.89. The second-order valence-electron chi connectivity index (χ2n) is 14.5. The van der Waals surface area contributed by atoms with Crippen LogP contribution in [0, 0.1) is 0 Å². The van der Waals surface area contributed by atoms with Crippen molar-refractivity contribution in [3.8, 4) is 0 Å². The molecule has 4 aliphatic heterocycles. The van der Waals surface area contributed by atoms with E-state index in [1.807, 2.05) is 0 Å². The molecule has 0 fully saturated rings. The lowest BCUT2D eigenvalue weighted by molar-refractivity contribution is 0.583. The Hall–Kier alpha value is -4.82. The Kier molecular flexibility index (Phi) is 4.68. The van der Waals surface area contributed by atoms with E-state index < -0.39 is 5.41 Å². The SMILES string of the molecule is CC1(C)c2cccc3c2N2c4c1cccc4C1(c4ccccc4B(c4ccccc4)c4ccccc41)c1cccc(c12)C3(C)C. The van der Waals surface area contributed by atoms with Crippen LogP contribution in [0.5, 0.6) is 0 Å². The van der Waals surface area contributed by atoms with E-state index >= 15 is 0 Å². The van der Waals surface area contributed by atoms with Crippen LogP contribution in [-0.2, 0) is 16.2 Å². The van der Waals surface area contributed by atoms with Crippen molar-refractivity contribution in [2.75, 3.05) is 4.90 Å². The summed E-state index contributed by atoms with van der Waals surface area (Å²) in [5.74, 6) is 0. The first-order chi connectivity index (χ1) is 21.9. The minimum absolute atomic E-state index is 0.144. The van der Waals surface area contributed by atoms with E-state index in [4.69, 9.17) is 0 Å². The van der Waals surface area contributed by atoms with Crippen molar-refractivity contribution in [3.05, 3.63) is 178 Å². The zero-order valence-electron chi connectivity index (χ0n) is 26.2. The summed E-state index contributed by atoms with van der Waals surface area (Å²) in [4.78, 5) is 2.68. The minimum atomic E-state index is -0.457. The molecule has 1 nitrogen and oxygen atoms in total. The van der Waals surface area contributed by atoms with Gasteiger partial charge in [-0.25, -0.2) is 0 Å². The van der Waals surface area contributed by atoms with Crippen LogP contribution in [-0.4, -0.2) is 6.71 Å². The molecule has 4 aliphatic rings. The summed E-state index contributed by atoms with van der Waals surface area (Å²) >= 11 is 0. The van der Waals surface area contributed by atoms with Crippen LogP contribution in [0.2, 0.25) is 0 Å². The number of rotatable bonds is 1. The molecule has 0 amide bonds. The second-order valence-corrected chi connectivity index (χ2v) is 14.5. The molecule has 0 aromatic heterocycles. The third-order valence-electron chi connectivity index (χ3n) is 11.8. The molecule has 6 aromatic carbocycles. The van der Waals surface area contributed by atoms with Gasteiger partial charge in [-0.15, -0.1) is 0 Å². The van der Waals surface area contributed by atoms with E-state index in [2.05, 4.69) is 166 Å². The summed E-state index contributed by atoms with van der Waals surface area (Å²) < 4.78 is 0. The molecule has 0 saturated heterocycles. The normalized spacial score (nSPS) is 17.8. The lowest BCUT2D eigenvalue weighted by Crippen LogP contribution is -2.62. The first-order valence-electron chi connectivity index (χ1n) is 16.3. The Balaban J connectivity index is 1.43. The molecule has 0 bridgehead atoms. The zero-order valence-corrected chi connectivity index (χ0v) is 26.2. The highest BCUT2D eigenvalue weighted by atomic mass is 15.2. The van der Waals surface area contributed by atoms with Crippen LogP contribution in [0.1, 0.15) is 72.2 Å². The van der Waals surface area contributed by atoms with Gasteiger partial charge in [-0.3, -0.25) is 0 Å². The van der Waals surface area contributed by atoms with Crippen LogP contribution >= 0.6 is 0 Å². The Morgan fingerprint density at radius 1 is 0.378 bits per heavy atom. The lowest BCUT2D eigenvalue weighted by atomic mass is 9.30. The van der Waals surface area contributed by atoms with Gasteiger partial charge < -0.3 is 4.90 Å². The molecule has 45 heavy (non-hydrogen) atoms. The smallest absolute Gasteiger partial charge is 0.242 e. The maximum Gasteiger partial charge on any atom is 0.242 e. The second kappa shape index (κ2) is 8.26. The van der Waals surface area contributed by atoms with Crippen molar-refractivity contribution in [2.45, 2.75) is 43.9 Å². The number of hydrogen-bond acceptors (Lipinski definition) is 1. The highest BCUT2D eigenvalue weighted by molar-refractivity contribution is 6.96. The van der Waals surface area contributed by atoms with Gasteiger partial charge in [0.1, 0.15) is 0 Å². The van der Waals surface area contributed by atoms with Crippen molar-refractivity contribution in [1.82, 2.24) is 0 Å². The van der Waals surface area contributed by atoms with E-state index in [1.165, 1.54) is 78.0 Å². The average Bonchev–Trinajstić information content (AvgIpc) is 3.07. The number of hydrogen-bond donors (Lipinski definition) is 0. The van der Waals surface area contributed by atoms with Gasteiger partial charge in [-0.1, -0.05) is 178 Å². The zero-order chi connectivity index (χ0) is 30.3. The van der Waals surface area contributed by atoms with Crippen molar-refractivity contribution in [3.63, 3.8) is 0 Å². The van der Waals surface area contributed by atoms with Crippen molar-refractivity contribution in [2.24, 2.45) is 0 Å². The van der Waals surface area contributed by atoms with E-state index in [-0.39, 0.29) is 17.5 Å². The topological polar surface area (TPSA) is 3.24 Å². The van der Waals surface area contributed by atoms with Crippen molar-refractivity contribution < 1.29 is 0 Å². The molecule has 6 aromatic rings. The number of benzene rings is 6. The van der Waals surface area contributed by atoms with Crippen LogP contribution in [0.25, 0.3) is 0 Å². The molecule has 0 radical (unpaired) electrons. The largest absolute Gasteiger partial charge is 0.309 e. The molecular weight excluding hydrogens is 541 g/mol. The lowest BCUT2D eigenvalue weighted by Gasteiger charge is -2.57. The molecule has 0 atom stereocenters. The van der Waals surface area contributed by atoms with Gasteiger partial charge in [-0.2, -0.15) is 0 Å². The van der Waals surface area contributed by atoms with E-state index in [0.29, 0.717) is 0 Å². The first-order valence-corrected chi connectivity index (χ1v) is 16.3. The maximum atomic E-state index is 2.68. The Labute approximate surface area is 266 Å².